The molecule has 0 aliphatic rings. The largest absolute Gasteiger partial charge is 0.346 e. The fourth-order valence-corrected chi connectivity index (χ4v) is 5.00. The van der Waals surface area contributed by atoms with Gasteiger partial charge in [0.05, 0.1) is 4.90 Å². The van der Waals surface area contributed by atoms with Crippen molar-refractivity contribution in [3.63, 3.8) is 0 Å². The van der Waals surface area contributed by atoms with E-state index in [1.165, 1.54) is 10.2 Å². The van der Waals surface area contributed by atoms with Crippen LogP contribution in [-0.4, -0.2) is 27.3 Å². The molecule has 0 fully saturated rings. The van der Waals surface area contributed by atoms with Crippen LogP contribution in [0.25, 0.3) is 22.1 Å². The van der Waals surface area contributed by atoms with Crippen LogP contribution >= 0.6 is 31.9 Å². The zero-order chi connectivity index (χ0) is 24.4. The lowest BCUT2D eigenvalue weighted by molar-refractivity contribution is 0.589. The number of fused-ring (bicyclic) bond motifs is 2. The molecular formula is C20H20Br2N4O2S. The predicted molar refractivity (Wildman–Crippen MR) is 127 cm³/mol. The van der Waals surface area contributed by atoms with Crippen molar-refractivity contribution in [2.24, 2.45) is 0 Å². The van der Waals surface area contributed by atoms with Crippen molar-refractivity contribution in [2.45, 2.75) is 4.90 Å². The molecule has 1 N–H and O–H groups in total. The van der Waals surface area contributed by atoms with Crippen molar-refractivity contribution in [3.8, 4) is 0 Å². The normalized spacial score (nSPS) is 11.9. The van der Waals surface area contributed by atoms with Gasteiger partial charge in [-0.25, -0.2) is 22.4 Å². The highest BCUT2D eigenvalue weighted by Crippen LogP contribution is 2.26. The Kier molecular flexibility index (Phi) is 4.85. The molecule has 5 aromatic rings. The lowest BCUT2D eigenvalue weighted by atomic mass is 10.3. The standard InChI is InChI=1S/C13H9BrN2O2S.C7H5BrN2.3H2/c14-12-6-8-15-13-11(12)7-9-16(13)19(17,18)10-4-2-1-3-5-10;8-6-2-4-10-7-5(6)1-3-9-7;;;/h1-9H;1-4H,(H,9,10);3*1H/i;;2*1+1D;1+1. The minimum absolute atomic E-state index is 0. The van der Waals surface area contributed by atoms with Gasteiger partial charge in [0.2, 0.25) is 0 Å². The van der Waals surface area contributed by atoms with Crippen LogP contribution in [0, 0.1) is 0 Å². The molecule has 0 atom stereocenters. The molecule has 0 aliphatic heterocycles. The third-order valence-electron chi connectivity index (χ3n) is 4.21. The second-order valence-electron chi connectivity index (χ2n) is 5.99. The summed E-state index contributed by atoms with van der Waals surface area (Å²) in [6.45, 7) is 0. The van der Waals surface area contributed by atoms with E-state index in [1.807, 2.05) is 18.3 Å². The molecule has 1 aromatic carbocycles. The van der Waals surface area contributed by atoms with Crippen LogP contribution in [0.2, 0.25) is 0 Å². The van der Waals surface area contributed by atoms with E-state index in [1.54, 1.807) is 54.9 Å². The zero-order valence-corrected chi connectivity index (χ0v) is 18.8. The molecule has 6 nitrogen and oxygen atoms in total. The van der Waals surface area contributed by atoms with Crippen LogP contribution in [0.15, 0.2) is 93.2 Å². The van der Waals surface area contributed by atoms with E-state index in [9.17, 15) is 8.42 Å². The van der Waals surface area contributed by atoms with E-state index in [0.29, 0.717) is 5.65 Å². The summed E-state index contributed by atoms with van der Waals surface area (Å²) in [6.07, 6.45) is 6.74. The van der Waals surface area contributed by atoms with E-state index in [-0.39, 0.29) is 6.32 Å². The molecule has 4 aromatic heterocycles. The monoisotopic (exact) mass is 543 g/mol. The average Bonchev–Trinajstić information content (AvgIpc) is 3.52. The number of aromatic amines is 1. The summed E-state index contributed by atoms with van der Waals surface area (Å²) in [6, 6.07) is 15.7. The minimum atomic E-state index is -3.61. The molecule has 0 aliphatic carbocycles. The molecular weight excluding hydrogens is 520 g/mol. The first-order valence-corrected chi connectivity index (χ1v) is 11.5. The average molecular weight is 545 g/mol. The predicted octanol–water partition coefficient (Wildman–Crippen LogP) is 6.10. The highest BCUT2D eigenvalue weighted by atomic mass is 79.9. The highest BCUT2D eigenvalue weighted by Gasteiger charge is 2.19. The summed E-state index contributed by atoms with van der Waals surface area (Å²) >= 11 is 6.80. The van der Waals surface area contributed by atoms with Crippen LogP contribution in [0.1, 0.15) is 7.37 Å². The van der Waals surface area contributed by atoms with Crippen LogP contribution in [-0.2, 0) is 10.0 Å². The van der Waals surface area contributed by atoms with E-state index in [0.717, 1.165) is 25.4 Å². The zero-order valence-electron chi connectivity index (χ0n) is 18.8. The molecule has 0 spiro atoms. The maximum Gasteiger partial charge on any atom is 0.269 e. The number of halogens is 2. The van der Waals surface area contributed by atoms with Gasteiger partial charge in [-0.1, -0.05) is 18.2 Å². The first-order chi connectivity index (χ1) is 16.0. The van der Waals surface area contributed by atoms with Gasteiger partial charge in [-0.2, -0.15) is 0 Å². The molecule has 0 unspecified atom stereocenters. The molecule has 5 rings (SSSR count). The topological polar surface area (TPSA) is 80.6 Å². The number of benzene rings is 1. The Morgan fingerprint density at radius 3 is 2.31 bits per heavy atom. The number of hydrogen-bond donors (Lipinski definition) is 1. The van der Waals surface area contributed by atoms with E-state index in [4.69, 9.17) is 5.94 Å². The molecule has 152 valence electrons. The number of hydrogen-bond acceptors (Lipinski definition) is 4. The lowest BCUT2D eigenvalue weighted by Crippen LogP contribution is -2.12. The van der Waals surface area contributed by atoms with Gasteiger partial charge in [0.15, 0.2) is 5.65 Å². The first-order valence-electron chi connectivity index (χ1n) is 10.5. The van der Waals surface area contributed by atoms with Gasteiger partial charge in [-0.15, -0.1) is 0 Å². The molecule has 9 heteroatoms. The molecule has 0 amide bonds. The van der Waals surface area contributed by atoms with Gasteiger partial charge >= 0.3 is 0 Å². The summed E-state index contributed by atoms with van der Waals surface area (Å²) < 4.78 is 48.2. The quantitative estimate of drug-likeness (QED) is 0.291. The lowest BCUT2D eigenvalue weighted by Gasteiger charge is -2.06. The molecule has 0 saturated heterocycles. The van der Waals surface area contributed by atoms with Crippen molar-refractivity contribution in [1.82, 2.24) is 18.9 Å². The minimum Gasteiger partial charge on any atom is -0.346 e. The number of nitrogens with zero attached hydrogens (tertiary/aromatic N) is 3. The number of H-pyrrole nitrogens is 1. The molecule has 4 heterocycles. The summed E-state index contributed by atoms with van der Waals surface area (Å²) in [5.41, 5.74) is 1.34. The van der Waals surface area contributed by atoms with Gasteiger partial charge < -0.3 is 4.98 Å². The first kappa shape index (κ1) is 17.4. The van der Waals surface area contributed by atoms with E-state index < -0.39 is 10.0 Å². The Bertz CT molecular complexity index is 1420. The molecule has 0 radical (unpaired) electrons. The van der Waals surface area contributed by atoms with Gasteiger partial charge in [-0.05, 0) is 68.3 Å². The molecule has 0 saturated carbocycles. The van der Waals surface area contributed by atoms with Crippen LogP contribution in [0.3, 0.4) is 0 Å². The van der Waals surface area contributed by atoms with Gasteiger partial charge in [0.1, 0.15) is 5.65 Å². The van der Waals surface area contributed by atoms with E-state index in [2.05, 4.69) is 46.8 Å². The Labute approximate surface area is 191 Å². The number of rotatable bonds is 2. The highest BCUT2D eigenvalue weighted by molar-refractivity contribution is 9.11. The summed E-state index contributed by atoms with van der Waals surface area (Å²) in [5.74, 6) is 0. The smallest absolute Gasteiger partial charge is 0.269 e. The van der Waals surface area contributed by atoms with Crippen molar-refractivity contribution < 1.29 is 15.8 Å². The second-order valence-corrected chi connectivity index (χ2v) is 9.52. The van der Waals surface area contributed by atoms with Crippen molar-refractivity contribution in [2.75, 3.05) is 0 Å². The Morgan fingerprint density at radius 1 is 0.897 bits per heavy atom. The maximum absolute atomic E-state index is 12.5. The third kappa shape index (κ3) is 3.85. The van der Waals surface area contributed by atoms with Crippen LogP contribution < -0.4 is 0 Å². The van der Waals surface area contributed by atoms with Crippen molar-refractivity contribution in [1.29, 1.82) is 0 Å². The van der Waals surface area contributed by atoms with Crippen molar-refractivity contribution in [3.05, 3.63) is 88.3 Å². The number of nitrogens with one attached hydrogen (secondary N) is 1. The Morgan fingerprint density at radius 2 is 1.59 bits per heavy atom. The fraction of sp³-hybridized carbons (Fsp3) is 0. The van der Waals surface area contributed by atoms with Gasteiger partial charge in [0.25, 0.3) is 10.0 Å². The summed E-state index contributed by atoms with van der Waals surface area (Å²) in [5, 5.41) is 1.89. The van der Waals surface area contributed by atoms with E-state index >= 15 is 0 Å². The number of aromatic nitrogens is 4. The van der Waals surface area contributed by atoms with Gasteiger partial charge in [0, 0.05) is 51.9 Å². The Hall–Kier alpha value is -2.49. The van der Waals surface area contributed by atoms with Crippen molar-refractivity contribution >= 4 is 63.9 Å². The summed E-state index contributed by atoms with van der Waals surface area (Å²) in [4.78, 5) is 11.5. The summed E-state index contributed by atoms with van der Waals surface area (Å²) in [7, 11) is -3.61. The molecule has 0 bridgehead atoms. The SMILES string of the molecule is Brc1ccnc2[nH]ccc12.O=S(=O)(c1ccccc1)n1ccc2c(Br)ccnc21.[2HH].[2H][2H].[2H][2H]. The number of pyridine rings is 2. The Balaban J connectivity index is 0.000000327. The fourth-order valence-electron chi connectivity index (χ4n) is 2.81. The second kappa shape index (κ2) is 8.10. The third-order valence-corrected chi connectivity index (χ3v) is 7.27. The van der Waals surface area contributed by atoms with Gasteiger partial charge in [-0.3, -0.25) is 0 Å². The maximum atomic E-state index is 12.5. The van der Waals surface area contributed by atoms with Crippen LogP contribution in [0.5, 0.6) is 0 Å². The molecule has 29 heavy (non-hydrogen) atoms. The van der Waals surface area contributed by atoms with Crippen LogP contribution in [0.4, 0.5) is 0 Å².